The molecule has 0 saturated carbocycles. The molecular weight excluding hydrogens is 381 g/mol. The van der Waals surface area contributed by atoms with Crippen LogP contribution in [-0.4, -0.2) is 35.9 Å². The number of aliphatic hydroxyl groups is 1. The minimum Gasteiger partial charge on any atom is -0.375 e. The van der Waals surface area contributed by atoms with Crippen LogP contribution in [0.3, 0.4) is 0 Å². The Hall–Kier alpha value is -2.52. The summed E-state index contributed by atoms with van der Waals surface area (Å²) >= 11 is 1.33. The van der Waals surface area contributed by atoms with Gasteiger partial charge in [0.2, 0.25) is 5.60 Å². The Labute approximate surface area is 158 Å². The van der Waals surface area contributed by atoms with Crippen LogP contribution < -0.4 is 10.6 Å². The van der Waals surface area contributed by atoms with Gasteiger partial charge < -0.3 is 15.7 Å². The summed E-state index contributed by atoms with van der Waals surface area (Å²) in [4.78, 5) is 24.6. The Bertz CT molecular complexity index is 815. The SMILES string of the molecule is CSc1ccccc1NC(=O)C(=O)NC[C@](O)(c1ccccc1)C(F)(F)F. The van der Waals surface area contributed by atoms with Crippen molar-refractivity contribution in [2.45, 2.75) is 16.7 Å². The van der Waals surface area contributed by atoms with Crippen LogP contribution in [0.5, 0.6) is 0 Å². The number of carbonyl (C=O) groups excluding carboxylic acids is 2. The zero-order chi connectivity index (χ0) is 20.1. The summed E-state index contributed by atoms with van der Waals surface area (Å²) in [5, 5.41) is 14.3. The molecule has 3 N–H and O–H groups in total. The lowest BCUT2D eigenvalue weighted by molar-refractivity contribution is -0.264. The third kappa shape index (κ3) is 4.81. The molecule has 0 spiro atoms. The fourth-order valence-corrected chi connectivity index (χ4v) is 2.85. The number of hydrogen-bond acceptors (Lipinski definition) is 4. The van der Waals surface area contributed by atoms with Crippen molar-refractivity contribution in [2.24, 2.45) is 0 Å². The molecule has 0 radical (unpaired) electrons. The van der Waals surface area contributed by atoms with Crippen molar-refractivity contribution in [3.63, 3.8) is 0 Å². The van der Waals surface area contributed by atoms with Gasteiger partial charge >= 0.3 is 18.0 Å². The van der Waals surface area contributed by atoms with Gasteiger partial charge in [0.1, 0.15) is 0 Å². The zero-order valence-electron chi connectivity index (χ0n) is 14.2. The number of rotatable bonds is 5. The summed E-state index contributed by atoms with van der Waals surface area (Å²) in [7, 11) is 0. The van der Waals surface area contributed by atoms with E-state index in [4.69, 9.17) is 0 Å². The molecule has 2 aromatic carbocycles. The summed E-state index contributed by atoms with van der Waals surface area (Å²) in [6.45, 7) is -1.20. The van der Waals surface area contributed by atoms with Crippen molar-refractivity contribution in [3.8, 4) is 0 Å². The summed E-state index contributed by atoms with van der Waals surface area (Å²) in [6.07, 6.45) is -3.28. The molecule has 144 valence electrons. The number of benzene rings is 2. The summed E-state index contributed by atoms with van der Waals surface area (Å²) in [6, 6.07) is 13.0. The number of amides is 2. The van der Waals surface area contributed by atoms with E-state index in [-0.39, 0.29) is 0 Å². The zero-order valence-corrected chi connectivity index (χ0v) is 15.0. The average molecular weight is 398 g/mol. The van der Waals surface area contributed by atoms with Gasteiger partial charge in [0, 0.05) is 4.90 Å². The second kappa shape index (κ2) is 8.45. The van der Waals surface area contributed by atoms with Gasteiger partial charge in [0.15, 0.2) is 0 Å². The van der Waals surface area contributed by atoms with Crippen molar-refractivity contribution >= 4 is 29.3 Å². The average Bonchev–Trinajstić information content (AvgIpc) is 2.65. The molecule has 0 bridgehead atoms. The minimum atomic E-state index is -5.05. The molecule has 9 heteroatoms. The monoisotopic (exact) mass is 398 g/mol. The normalized spacial score (nSPS) is 13.5. The standard InChI is InChI=1S/C18H17F3N2O3S/c1-27-14-10-6-5-9-13(14)23-16(25)15(24)22-11-17(26,18(19,20)21)12-7-3-2-4-8-12/h2-10,26H,11H2,1H3,(H,22,24)(H,23,25)/t17-/m0/s1. The highest BCUT2D eigenvalue weighted by atomic mass is 32.2. The summed E-state index contributed by atoms with van der Waals surface area (Å²) in [5.74, 6) is -2.42. The maximum absolute atomic E-state index is 13.4. The number of para-hydroxylation sites is 1. The maximum Gasteiger partial charge on any atom is 0.423 e. The van der Waals surface area contributed by atoms with E-state index < -0.39 is 35.7 Å². The van der Waals surface area contributed by atoms with Crippen LogP contribution in [0.2, 0.25) is 0 Å². The molecule has 0 unspecified atom stereocenters. The molecule has 0 heterocycles. The number of anilines is 1. The molecule has 2 amide bonds. The fraction of sp³-hybridized carbons (Fsp3) is 0.222. The van der Waals surface area contributed by atoms with Crippen LogP contribution >= 0.6 is 11.8 Å². The van der Waals surface area contributed by atoms with Crippen molar-refractivity contribution < 1.29 is 27.9 Å². The topological polar surface area (TPSA) is 78.4 Å². The number of hydrogen-bond donors (Lipinski definition) is 3. The molecule has 0 fully saturated rings. The largest absolute Gasteiger partial charge is 0.423 e. The van der Waals surface area contributed by atoms with Crippen LogP contribution in [-0.2, 0) is 15.2 Å². The lowest BCUT2D eigenvalue weighted by Crippen LogP contribution is -2.52. The first kappa shape index (κ1) is 20.8. The van der Waals surface area contributed by atoms with E-state index in [2.05, 4.69) is 5.32 Å². The molecule has 1 atom stereocenters. The number of nitrogens with one attached hydrogen (secondary N) is 2. The Morgan fingerprint density at radius 1 is 1.00 bits per heavy atom. The summed E-state index contributed by atoms with van der Waals surface area (Å²) < 4.78 is 40.1. The molecule has 0 aromatic heterocycles. The van der Waals surface area contributed by atoms with Gasteiger partial charge in [-0.1, -0.05) is 42.5 Å². The Morgan fingerprint density at radius 2 is 1.59 bits per heavy atom. The molecule has 0 saturated heterocycles. The number of halogens is 3. The Morgan fingerprint density at radius 3 is 2.19 bits per heavy atom. The highest BCUT2D eigenvalue weighted by Crippen LogP contribution is 2.38. The first-order chi connectivity index (χ1) is 12.7. The van der Waals surface area contributed by atoms with Gasteiger partial charge in [0.25, 0.3) is 0 Å². The predicted octanol–water partition coefficient (Wildman–Crippen LogP) is 2.91. The van der Waals surface area contributed by atoms with Gasteiger partial charge in [-0.3, -0.25) is 9.59 Å². The molecule has 27 heavy (non-hydrogen) atoms. The van der Waals surface area contributed by atoms with E-state index in [1.54, 1.807) is 30.5 Å². The van der Waals surface area contributed by atoms with Gasteiger partial charge in [-0.2, -0.15) is 13.2 Å². The second-order valence-corrected chi connectivity index (χ2v) is 6.41. The van der Waals surface area contributed by atoms with Crippen LogP contribution in [0.15, 0.2) is 59.5 Å². The molecule has 0 aliphatic carbocycles. The number of carbonyl (C=O) groups is 2. The molecular formula is C18H17F3N2O3S. The lowest BCUT2D eigenvalue weighted by atomic mass is 9.93. The van der Waals surface area contributed by atoms with E-state index in [0.29, 0.717) is 10.6 Å². The van der Waals surface area contributed by atoms with E-state index >= 15 is 0 Å². The second-order valence-electron chi connectivity index (χ2n) is 5.56. The quantitative estimate of drug-likeness (QED) is 0.535. The maximum atomic E-state index is 13.4. The van der Waals surface area contributed by atoms with Crippen LogP contribution in [0.1, 0.15) is 5.56 Å². The predicted molar refractivity (Wildman–Crippen MR) is 96.3 cm³/mol. The summed E-state index contributed by atoms with van der Waals surface area (Å²) in [5.41, 5.74) is -3.40. The van der Waals surface area contributed by atoms with Crippen molar-refractivity contribution in [2.75, 3.05) is 18.1 Å². The van der Waals surface area contributed by atoms with Crippen molar-refractivity contribution in [1.82, 2.24) is 5.32 Å². The number of thioether (sulfide) groups is 1. The molecule has 2 aromatic rings. The van der Waals surface area contributed by atoms with Crippen LogP contribution in [0, 0.1) is 0 Å². The van der Waals surface area contributed by atoms with E-state index in [1.165, 1.54) is 30.0 Å². The van der Waals surface area contributed by atoms with E-state index in [1.807, 2.05) is 5.32 Å². The smallest absolute Gasteiger partial charge is 0.375 e. The van der Waals surface area contributed by atoms with Gasteiger partial charge in [-0.05, 0) is 24.0 Å². The first-order valence-electron chi connectivity index (χ1n) is 7.76. The minimum absolute atomic E-state index is 0.360. The molecule has 2 rings (SSSR count). The third-order valence-electron chi connectivity index (χ3n) is 3.79. The molecule has 5 nitrogen and oxygen atoms in total. The highest BCUT2D eigenvalue weighted by Gasteiger charge is 2.55. The van der Waals surface area contributed by atoms with Crippen molar-refractivity contribution in [3.05, 3.63) is 60.2 Å². The van der Waals surface area contributed by atoms with Gasteiger partial charge in [-0.15, -0.1) is 11.8 Å². The third-order valence-corrected chi connectivity index (χ3v) is 4.58. The molecule has 0 aliphatic rings. The Balaban J connectivity index is 2.11. The van der Waals surface area contributed by atoms with Crippen LogP contribution in [0.25, 0.3) is 0 Å². The first-order valence-corrected chi connectivity index (χ1v) is 8.98. The van der Waals surface area contributed by atoms with E-state index in [0.717, 1.165) is 12.1 Å². The molecule has 0 aliphatic heterocycles. The highest BCUT2D eigenvalue weighted by molar-refractivity contribution is 7.98. The lowest BCUT2D eigenvalue weighted by Gasteiger charge is -2.31. The van der Waals surface area contributed by atoms with Crippen molar-refractivity contribution in [1.29, 1.82) is 0 Å². The fourth-order valence-electron chi connectivity index (χ4n) is 2.30. The van der Waals surface area contributed by atoms with Crippen LogP contribution in [0.4, 0.5) is 18.9 Å². The number of alkyl halides is 3. The Kier molecular flexibility index (Phi) is 6.50. The van der Waals surface area contributed by atoms with E-state index in [9.17, 15) is 27.9 Å². The van der Waals surface area contributed by atoms with Gasteiger partial charge in [-0.25, -0.2) is 0 Å². The van der Waals surface area contributed by atoms with Gasteiger partial charge in [0.05, 0.1) is 12.2 Å².